The first-order valence-electron chi connectivity index (χ1n) is 1.16. The van der Waals surface area contributed by atoms with E-state index in [0.717, 1.165) is 0 Å². The standard InChI is InChI=1S/N3O2SSi/c1-2-3-7-6(4)5. The van der Waals surface area contributed by atoms with Crippen molar-refractivity contribution >= 4 is 18.1 Å². The van der Waals surface area contributed by atoms with Gasteiger partial charge in [-0.05, 0) is 5.53 Å². The second-order valence-corrected chi connectivity index (χ2v) is 2.92. The lowest BCUT2D eigenvalue weighted by atomic mass is 13.0. The Bertz CT molecular complexity index is 199. The molecular weight excluding hydrogens is 134 g/mol. The van der Waals surface area contributed by atoms with Gasteiger partial charge in [-0.1, -0.05) is 4.78 Å². The minimum Gasteiger partial charge on any atom is -0.194 e. The SMILES string of the molecule is [N-]=[N+]=N[Si]=S(=O)=O. The van der Waals surface area contributed by atoms with Gasteiger partial charge >= 0.3 is 8.39 Å². The molecule has 0 aromatic rings. The average molecular weight is 134 g/mol. The van der Waals surface area contributed by atoms with Gasteiger partial charge in [0.2, 0.25) is 0 Å². The highest BCUT2D eigenvalue weighted by atomic mass is 32.3. The van der Waals surface area contributed by atoms with E-state index in [1.165, 1.54) is 0 Å². The van der Waals surface area contributed by atoms with Gasteiger partial charge in [0.25, 0.3) is 0 Å². The molecule has 0 aliphatic rings. The van der Waals surface area contributed by atoms with Crippen molar-refractivity contribution in [3.8, 4) is 0 Å². The zero-order chi connectivity index (χ0) is 5.70. The fraction of sp³-hybridized carbons (Fsp3) is 0. The van der Waals surface area contributed by atoms with Crippen molar-refractivity contribution in [2.24, 2.45) is 4.78 Å². The average Bonchev–Trinajstić information content (AvgIpc) is 1.61. The van der Waals surface area contributed by atoms with E-state index in [-0.39, 0.29) is 0 Å². The van der Waals surface area contributed by atoms with Crippen LogP contribution in [-0.2, 0) is 9.70 Å². The van der Waals surface area contributed by atoms with E-state index < -0.39 is 18.1 Å². The van der Waals surface area contributed by atoms with Gasteiger partial charge in [0.15, 0.2) is 9.70 Å². The number of azide groups is 1. The second kappa shape index (κ2) is 3.53. The van der Waals surface area contributed by atoms with Crippen LogP contribution in [0.3, 0.4) is 0 Å². The molecule has 0 N–H and O–H groups in total. The molecule has 0 rings (SSSR count). The lowest BCUT2D eigenvalue weighted by Gasteiger charge is -1.44. The monoisotopic (exact) mass is 134 g/mol. The highest BCUT2D eigenvalue weighted by molar-refractivity contribution is 7.78. The summed E-state index contributed by atoms with van der Waals surface area (Å²) >= 11 is 0. The van der Waals surface area contributed by atoms with Gasteiger partial charge in [0.05, 0.1) is 0 Å². The zero-order valence-corrected chi connectivity index (χ0v) is 4.88. The highest BCUT2D eigenvalue weighted by Gasteiger charge is 1.62. The Morgan fingerprint density at radius 2 is 2.29 bits per heavy atom. The second-order valence-electron chi connectivity index (χ2n) is 0.515. The summed E-state index contributed by atoms with van der Waals surface area (Å²) in [5.41, 5.74) is 7.51. The van der Waals surface area contributed by atoms with Crippen molar-refractivity contribution in [3.05, 3.63) is 10.4 Å². The molecule has 0 aromatic carbocycles. The molecule has 7 heteroatoms. The molecule has 0 atom stereocenters. The summed E-state index contributed by atoms with van der Waals surface area (Å²) in [5, 5.41) is 0. The smallest absolute Gasteiger partial charge is 0.194 e. The molecule has 0 bridgehead atoms. The van der Waals surface area contributed by atoms with Crippen molar-refractivity contribution < 1.29 is 8.42 Å². The quantitative estimate of drug-likeness (QED) is 0.213. The summed E-state index contributed by atoms with van der Waals surface area (Å²) in [6, 6.07) is 0. The van der Waals surface area contributed by atoms with E-state index in [4.69, 9.17) is 5.53 Å². The first-order chi connectivity index (χ1) is 3.27. The van der Waals surface area contributed by atoms with Gasteiger partial charge in [-0.15, -0.1) is 0 Å². The molecule has 0 fully saturated rings. The predicted octanol–water partition coefficient (Wildman–Crippen LogP) is -0.290. The third-order valence-corrected chi connectivity index (χ3v) is 1.17. The minimum absolute atomic E-state index is 0.686. The van der Waals surface area contributed by atoms with E-state index in [1.807, 2.05) is 0 Å². The van der Waals surface area contributed by atoms with E-state index in [2.05, 4.69) is 9.69 Å². The fourth-order valence-electron chi connectivity index (χ4n) is 0.0516. The van der Waals surface area contributed by atoms with Crippen LogP contribution in [-0.4, -0.2) is 16.8 Å². The topological polar surface area (TPSA) is 82.9 Å². The first kappa shape index (κ1) is 6.35. The van der Waals surface area contributed by atoms with Crippen LogP contribution in [0.25, 0.3) is 10.4 Å². The molecule has 7 heavy (non-hydrogen) atoms. The third kappa shape index (κ3) is 5.35. The van der Waals surface area contributed by atoms with Crippen molar-refractivity contribution in [1.82, 2.24) is 0 Å². The number of hydrogen-bond donors (Lipinski definition) is 0. The number of rotatable bonds is 1. The Labute approximate surface area is 42.6 Å². The summed E-state index contributed by atoms with van der Waals surface area (Å²) in [6.07, 6.45) is 0. The lowest BCUT2D eigenvalue weighted by molar-refractivity contribution is 0.628. The molecule has 0 aliphatic carbocycles. The summed E-state index contributed by atoms with van der Waals surface area (Å²) in [4.78, 5) is 2.22. The van der Waals surface area contributed by atoms with Gasteiger partial charge in [0.1, 0.15) is 0 Å². The first-order valence-corrected chi connectivity index (χ1v) is 3.91. The summed E-state index contributed by atoms with van der Waals surface area (Å²) < 4.78 is 21.8. The maximum Gasteiger partial charge on any atom is 0.302 e. The Balaban J connectivity index is 4.27. The maximum absolute atomic E-state index is 9.51. The van der Waals surface area contributed by atoms with Crippen molar-refractivity contribution in [2.45, 2.75) is 0 Å². The molecule has 0 amide bonds. The predicted molar refractivity (Wildman–Crippen MR) is 23.8 cm³/mol. The molecule has 0 aliphatic heterocycles. The molecular formula is N3O2SSi. The number of hydrogen-bond acceptors (Lipinski definition) is 2. The normalized spacial score (nSPS) is 6.29. The van der Waals surface area contributed by atoms with Crippen LogP contribution in [0.2, 0.25) is 0 Å². The lowest BCUT2D eigenvalue weighted by Crippen LogP contribution is -1.63. The van der Waals surface area contributed by atoms with E-state index in [9.17, 15) is 8.42 Å². The van der Waals surface area contributed by atoms with E-state index in [0.29, 0.717) is 0 Å². The zero-order valence-electron chi connectivity index (χ0n) is 3.07. The summed E-state index contributed by atoms with van der Waals surface area (Å²) in [5.74, 6) is 0. The Kier molecular flexibility index (Phi) is 3.20. The summed E-state index contributed by atoms with van der Waals surface area (Å²) in [7, 11) is -2.89. The van der Waals surface area contributed by atoms with Crippen LogP contribution in [0, 0.1) is 0 Å². The molecule has 0 aromatic heterocycles. The minimum atomic E-state index is -2.21. The Morgan fingerprint density at radius 3 is 2.43 bits per heavy atom. The highest BCUT2D eigenvalue weighted by Crippen LogP contribution is 1.52. The van der Waals surface area contributed by atoms with Crippen LogP contribution in [0.1, 0.15) is 0 Å². The van der Waals surface area contributed by atoms with Crippen LogP contribution in [0.15, 0.2) is 4.78 Å². The van der Waals surface area contributed by atoms with Gasteiger partial charge in [-0.3, -0.25) is 0 Å². The Hall–Kier alpha value is -0.653. The van der Waals surface area contributed by atoms with Gasteiger partial charge in [0, 0.05) is 4.91 Å². The fourth-order valence-corrected chi connectivity index (χ4v) is 0.464. The molecule has 0 unspecified atom stereocenters. The largest absolute Gasteiger partial charge is 0.302 e. The van der Waals surface area contributed by atoms with Gasteiger partial charge < -0.3 is 0 Å². The van der Waals surface area contributed by atoms with Crippen LogP contribution < -0.4 is 0 Å². The van der Waals surface area contributed by atoms with Crippen molar-refractivity contribution in [2.75, 3.05) is 0 Å². The van der Waals surface area contributed by atoms with E-state index >= 15 is 0 Å². The van der Waals surface area contributed by atoms with Crippen molar-refractivity contribution in [1.29, 1.82) is 0 Å². The summed E-state index contributed by atoms with van der Waals surface area (Å²) in [6.45, 7) is 0. The molecule has 0 heterocycles. The van der Waals surface area contributed by atoms with Gasteiger partial charge in [-0.25, -0.2) is 0 Å². The van der Waals surface area contributed by atoms with E-state index in [1.54, 1.807) is 0 Å². The molecule has 5 nitrogen and oxygen atoms in total. The van der Waals surface area contributed by atoms with Gasteiger partial charge in [-0.2, -0.15) is 8.42 Å². The van der Waals surface area contributed by atoms with Crippen LogP contribution in [0.5, 0.6) is 0 Å². The Morgan fingerprint density at radius 1 is 1.71 bits per heavy atom. The van der Waals surface area contributed by atoms with Crippen LogP contribution >= 0.6 is 0 Å². The number of nitrogens with zero attached hydrogens (tertiary/aromatic N) is 3. The van der Waals surface area contributed by atoms with Crippen LogP contribution in [0.4, 0.5) is 0 Å². The molecule has 0 saturated heterocycles. The molecule has 1 radical (unpaired) electrons. The molecule has 0 saturated carbocycles. The molecule has 37 valence electrons. The molecule has 0 spiro atoms. The maximum atomic E-state index is 9.51. The van der Waals surface area contributed by atoms with Crippen molar-refractivity contribution in [3.63, 3.8) is 0 Å². The third-order valence-electron chi connectivity index (χ3n) is 0.160.